The molecule has 3 nitrogen and oxygen atoms in total. The van der Waals surface area contributed by atoms with Crippen LogP contribution in [0.15, 0.2) is 0 Å². The Morgan fingerprint density at radius 3 is 2.75 bits per heavy atom. The molecule has 0 aromatic heterocycles. The average molecular weight is 279 g/mol. The maximum absolute atomic E-state index is 12.0. The fourth-order valence-electron chi connectivity index (χ4n) is 2.53. The predicted octanol–water partition coefficient (Wildman–Crippen LogP) is 3.11. The molecule has 2 atom stereocenters. The minimum absolute atomic E-state index is 0.0172. The van der Waals surface area contributed by atoms with E-state index in [0.717, 1.165) is 25.8 Å². The highest BCUT2D eigenvalue weighted by molar-refractivity contribution is 5.77. The number of unbranched alkanes of at least 4 members (excludes halogenated alkanes) is 4. The van der Waals surface area contributed by atoms with Gasteiger partial charge in [0.1, 0.15) is 6.10 Å². The molecule has 1 rings (SSSR count). The summed E-state index contributed by atoms with van der Waals surface area (Å²) in [6.07, 6.45) is 8.65. The van der Waals surface area contributed by atoms with Crippen LogP contribution in [0.3, 0.4) is 0 Å². The Labute approximate surface area is 123 Å². The highest BCUT2D eigenvalue weighted by Crippen LogP contribution is 2.19. The van der Waals surface area contributed by atoms with Gasteiger partial charge < -0.3 is 10.0 Å². The molecule has 1 amide bonds. The van der Waals surface area contributed by atoms with Gasteiger partial charge in [0.05, 0.1) is 6.04 Å². The third-order valence-corrected chi connectivity index (χ3v) is 3.87. The number of carbonyl (C=O) groups excluding carboxylic acids is 1. The molecule has 1 fully saturated rings. The van der Waals surface area contributed by atoms with E-state index in [2.05, 4.69) is 18.8 Å². The second kappa shape index (κ2) is 9.83. The molecule has 1 aliphatic rings. The lowest BCUT2D eigenvalue weighted by Gasteiger charge is -2.32. The summed E-state index contributed by atoms with van der Waals surface area (Å²) >= 11 is 0. The van der Waals surface area contributed by atoms with Crippen molar-refractivity contribution < 1.29 is 9.90 Å². The molecule has 1 N–H and O–H groups in total. The number of aliphatic hydroxyl groups is 1. The molecule has 0 aromatic carbocycles. The second-order valence-corrected chi connectivity index (χ2v) is 5.62. The topological polar surface area (TPSA) is 40.5 Å². The van der Waals surface area contributed by atoms with Crippen LogP contribution < -0.4 is 0 Å². The first kappa shape index (κ1) is 17.0. The van der Waals surface area contributed by atoms with Crippen LogP contribution in [0, 0.1) is 11.8 Å². The van der Waals surface area contributed by atoms with E-state index in [4.69, 9.17) is 0 Å². The Hall–Kier alpha value is -1.01. The number of amides is 1. The first-order valence-corrected chi connectivity index (χ1v) is 8.17. The smallest absolute Gasteiger partial charge is 0.223 e. The van der Waals surface area contributed by atoms with Gasteiger partial charge in [-0.05, 0) is 25.7 Å². The molecular formula is C17H29NO2. The molecule has 1 aliphatic heterocycles. The Morgan fingerprint density at radius 2 is 2.05 bits per heavy atom. The Kier molecular flexibility index (Phi) is 8.37. The molecule has 3 heteroatoms. The first-order valence-electron chi connectivity index (χ1n) is 8.17. The number of likely N-dealkylation sites (tertiary alicyclic amines) is 1. The van der Waals surface area contributed by atoms with E-state index in [1.807, 2.05) is 11.8 Å². The highest BCUT2D eigenvalue weighted by atomic mass is 16.3. The zero-order valence-electron chi connectivity index (χ0n) is 13.0. The molecular weight excluding hydrogens is 250 g/mol. The van der Waals surface area contributed by atoms with Crippen LogP contribution in [0.2, 0.25) is 0 Å². The van der Waals surface area contributed by atoms with Crippen molar-refractivity contribution in [3.8, 4) is 11.8 Å². The van der Waals surface area contributed by atoms with E-state index in [9.17, 15) is 9.90 Å². The molecule has 0 aliphatic carbocycles. The number of rotatable bonds is 7. The Balaban J connectivity index is 2.47. The van der Waals surface area contributed by atoms with Gasteiger partial charge in [0.25, 0.3) is 0 Å². The Bertz CT molecular complexity index is 343. The molecule has 20 heavy (non-hydrogen) atoms. The monoisotopic (exact) mass is 279 g/mol. The maximum atomic E-state index is 12.0. The van der Waals surface area contributed by atoms with E-state index < -0.39 is 6.10 Å². The largest absolute Gasteiger partial charge is 0.380 e. The number of hydrogen-bond acceptors (Lipinski definition) is 2. The number of piperidine rings is 1. The van der Waals surface area contributed by atoms with Crippen molar-refractivity contribution in [2.24, 2.45) is 0 Å². The fraction of sp³-hybridized carbons (Fsp3) is 0.824. The lowest BCUT2D eigenvalue weighted by Crippen LogP contribution is -2.43. The fourth-order valence-corrected chi connectivity index (χ4v) is 2.53. The third-order valence-electron chi connectivity index (χ3n) is 3.87. The van der Waals surface area contributed by atoms with Gasteiger partial charge in [0, 0.05) is 13.0 Å². The van der Waals surface area contributed by atoms with E-state index in [1.54, 1.807) is 0 Å². The summed E-state index contributed by atoms with van der Waals surface area (Å²) in [5.74, 6) is 6.22. The normalized spacial score (nSPS) is 20.4. The summed E-state index contributed by atoms with van der Waals surface area (Å²) in [6.45, 7) is 4.94. The lowest BCUT2D eigenvalue weighted by molar-refractivity contribution is -0.135. The van der Waals surface area contributed by atoms with Crippen molar-refractivity contribution in [3.63, 3.8) is 0 Å². The summed E-state index contributed by atoms with van der Waals surface area (Å²) in [7, 11) is 0. The minimum Gasteiger partial charge on any atom is -0.380 e. The predicted molar refractivity (Wildman–Crippen MR) is 82.2 cm³/mol. The maximum Gasteiger partial charge on any atom is 0.223 e. The summed E-state index contributed by atoms with van der Waals surface area (Å²) in [5, 5.41) is 9.54. The molecule has 0 radical (unpaired) electrons. The van der Waals surface area contributed by atoms with Crippen LogP contribution in [0.5, 0.6) is 0 Å². The van der Waals surface area contributed by atoms with Crippen molar-refractivity contribution in [1.29, 1.82) is 0 Å². The summed E-state index contributed by atoms with van der Waals surface area (Å²) in [6, 6.07) is 0.0172. The van der Waals surface area contributed by atoms with Gasteiger partial charge in [0.15, 0.2) is 0 Å². The summed E-state index contributed by atoms with van der Waals surface area (Å²) in [5.41, 5.74) is 0. The van der Waals surface area contributed by atoms with Gasteiger partial charge in [-0.1, -0.05) is 51.4 Å². The number of hydrogen-bond donors (Lipinski definition) is 1. The van der Waals surface area contributed by atoms with Crippen LogP contribution in [0.4, 0.5) is 0 Å². The Morgan fingerprint density at radius 1 is 1.30 bits per heavy atom. The van der Waals surface area contributed by atoms with Crippen molar-refractivity contribution in [2.45, 2.75) is 83.8 Å². The number of nitrogens with zero attached hydrogens (tertiary/aromatic N) is 1. The van der Waals surface area contributed by atoms with Crippen molar-refractivity contribution in [1.82, 2.24) is 4.90 Å². The van der Waals surface area contributed by atoms with Crippen molar-refractivity contribution in [3.05, 3.63) is 0 Å². The van der Waals surface area contributed by atoms with E-state index >= 15 is 0 Å². The molecule has 0 spiro atoms. The molecule has 0 aromatic rings. The SMILES string of the molecule is CCCCCCCN1C(=O)CCC[C@@H]1C#CC(O)CC. The van der Waals surface area contributed by atoms with Gasteiger partial charge >= 0.3 is 0 Å². The third kappa shape index (κ3) is 5.96. The second-order valence-electron chi connectivity index (χ2n) is 5.62. The highest BCUT2D eigenvalue weighted by Gasteiger charge is 2.26. The van der Waals surface area contributed by atoms with Gasteiger partial charge in [-0.3, -0.25) is 4.79 Å². The van der Waals surface area contributed by atoms with Crippen LogP contribution in [0.1, 0.15) is 71.6 Å². The molecule has 1 saturated heterocycles. The average Bonchev–Trinajstić information content (AvgIpc) is 2.46. The number of carbonyl (C=O) groups is 1. The molecule has 0 bridgehead atoms. The van der Waals surface area contributed by atoms with Gasteiger partial charge in [0.2, 0.25) is 5.91 Å². The van der Waals surface area contributed by atoms with Crippen LogP contribution in [-0.4, -0.2) is 34.6 Å². The van der Waals surface area contributed by atoms with Crippen molar-refractivity contribution in [2.75, 3.05) is 6.54 Å². The minimum atomic E-state index is -0.557. The zero-order valence-corrected chi connectivity index (χ0v) is 13.0. The number of aliphatic hydroxyl groups excluding tert-OH is 1. The molecule has 1 heterocycles. The van der Waals surface area contributed by atoms with E-state index in [-0.39, 0.29) is 11.9 Å². The van der Waals surface area contributed by atoms with Crippen LogP contribution >= 0.6 is 0 Å². The quantitative estimate of drug-likeness (QED) is 0.574. The standard InChI is InChI=1S/C17H29NO2/c1-3-5-6-7-8-14-18-15(10-9-11-17(18)20)12-13-16(19)4-2/h15-16,19H,3-11,14H2,1-2H3/t15-,16?/m1/s1. The summed E-state index contributed by atoms with van der Waals surface area (Å²) < 4.78 is 0. The van der Waals surface area contributed by atoms with E-state index in [0.29, 0.717) is 12.8 Å². The molecule has 1 unspecified atom stereocenters. The molecule has 114 valence electrons. The summed E-state index contributed by atoms with van der Waals surface area (Å²) in [4.78, 5) is 14.0. The molecule has 0 saturated carbocycles. The lowest BCUT2D eigenvalue weighted by atomic mass is 10.0. The van der Waals surface area contributed by atoms with Gasteiger partial charge in [-0.25, -0.2) is 0 Å². The van der Waals surface area contributed by atoms with Crippen LogP contribution in [-0.2, 0) is 4.79 Å². The van der Waals surface area contributed by atoms with Crippen LogP contribution in [0.25, 0.3) is 0 Å². The zero-order chi connectivity index (χ0) is 14.8. The van der Waals surface area contributed by atoms with Crippen molar-refractivity contribution >= 4 is 5.91 Å². The first-order chi connectivity index (χ1) is 9.69. The van der Waals surface area contributed by atoms with Gasteiger partial charge in [-0.2, -0.15) is 0 Å². The van der Waals surface area contributed by atoms with Gasteiger partial charge in [-0.15, -0.1) is 0 Å². The van der Waals surface area contributed by atoms with E-state index in [1.165, 1.54) is 25.7 Å².